The lowest BCUT2D eigenvalue weighted by Crippen LogP contribution is -2.43. The van der Waals surface area contributed by atoms with Crippen molar-refractivity contribution in [2.75, 3.05) is 0 Å². The highest BCUT2D eigenvalue weighted by atomic mass is 35.5. The first-order valence-electron chi connectivity index (χ1n) is 12.7. The summed E-state index contributed by atoms with van der Waals surface area (Å²) in [7, 11) is 0. The molecule has 2 aliphatic rings. The molecule has 1 N–H and O–H groups in total. The average Bonchev–Trinajstić information content (AvgIpc) is 3.21. The molecule has 3 aromatic rings. The predicted molar refractivity (Wildman–Crippen MR) is 136 cm³/mol. The number of nitrogens with one attached hydrogen (secondary N) is 1. The largest absolute Gasteiger partial charge is 0.352 e. The topological polar surface area (TPSA) is 46.9 Å². The zero-order chi connectivity index (χ0) is 22.8. The fraction of sp³-hybridized carbons (Fsp3) is 0.500. The Balaban J connectivity index is 1.64. The summed E-state index contributed by atoms with van der Waals surface area (Å²) < 4.78 is 2.24. The van der Waals surface area contributed by atoms with E-state index in [1.807, 2.05) is 37.3 Å². The third kappa shape index (κ3) is 4.55. The molecule has 1 unspecified atom stereocenters. The molecule has 5 heteroatoms. The van der Waals surface area contributed by atoms with Gasteiger partial charge in [0.25, 0.3) is 0 Å². The van der Waals surface area contributed by atoms with Crippen molar-refractivity contribution in [1.82, 2.24) is 14.9 Å². The van der Waals surface area contributed by atoms with E-state index in [2.05, 4.69) is 22.0 Å². The van der Waals surface area contributed by atoms with E-state index in [0.29, 0.717) is 12.0 Å². The second kappa shape index (κ2) is 9.89. The first-order valence-corrected chi connectivity index (χ1v) is 13.0. The summed E-state index contributed by atoms with van der Waals surface area (Å²) in [6, 6.07) is 14.2. The monoisotopic (exact) mass is 463 g/mol. The summed E-state index contributed by atoms with van der Waals surface area (Å²) in [6.07, 6.45) is 11.7. The number of para-hydroxylation sites is 2. The maximum Gasteiger partial charge on any atom is 0.243 e. The van der Waals surface area contributed by atoms with Gasteiger partial charge in [-0.25, -0.2) is 4.98 Å². The molecule has 0 aliphatic heterocycles. The van der Waals surface area contributed by atoms with Gasteiger partial charge in [-0.05, 0) is 62.3 Å². The minimum absolute atomic E-state index is 0.165. The Morgan fingerprint density at radius 2 is 1.67 bits per heavy atom. The van der Waals surface area contributed by atoms with Crippen molar-refractivity contribution in [3.8, 4) is 11.4 Å². The number of halogens is 1. The number of aromatic nitrogens is 2. The summed E-state index contributed by atoms with van der Waals surface area (Å²) in [5.41, 5.74) is 3.97. The molecule has 2 aliphatic carbocycles. The molecule has 1 aromatic heterocycles. The van der Waals surface area contributed by atoms with Crippen LogP contribution in [0.15, 0.2) is 42.5 Å². The van der Waals surface area contributed by atoms with Gasteiger partial charge in [-0.2, -0.15) is 0 Å². The minimum Gasteiger partial charge on any atom is -0.352 e. The molecular formula is C28H34ClN3O. The van der Waals surface area contributed by atoms with Gasteiger partial charge in [0.05, 0.1) is 11.0 Å². The molecule has 2 saturated carbocycles. The Hall–Kier alpha value is -2.33. The molecular weight excluding hydrogens is 430 g/mol. The molecule has 0 bridgehead atoms. The number of hydrogen-bond acceptors (Lipinski definition) is 2. The van der Waals surface area contributed by atoms with Gasteiger partial charge in [-0.3, -0.25) is 4.79 Å². The second-order valence-corrected chi connectivity index (χ2v) is 10.3. The van der Waals surface area contributed by atoms with Crippen LogP contribution in [0.2, 0.25) is 5.02 Å². The maximum atomic E-state index is 14.0. The van der Waals surface area contributed by atoms with Crippen molar-refractivity contribution in [3.63, 3.8) is 0 Å². The molecule has 0 radical (unpaired) electrons. The van der Waals surface area contributed by atoms with Crippen LogP contribution in [-0.4, -0.2) is 21.5 Å². The molecule has 1 heterocycles. The van der Waals surface area contributed by atoms with E-state index in [-0.39, 0.29) is 11.9 Å². The van der Waals surface area contributed by atoms with Crippen molar-refractivity contribution in [2.24, 2.45) is 5.92 Å². The second-order valence-electron chi connectivity index (χ2n) is 9.89. The van der Waals surface area contributed by atoms with Crippen LogP contribution >= 0.6 is 11.6 Å². The Bertz CT molecular complexity index is 1130. The van der Waals surface area contributed by atoms with E-state index in [0.717, 1.165) is 58.7 Å². The quantitative estimate of drug-likeness (QED) is 0.433. The Morgan fingerprint density at radius 1 is 0.970 bits per heavy atom. The van der Waals surface area contributed by atoms with Gasteiger partial charge < -0.3 is 9.88 Å². The molecule has 4 nitrogen and oxygen atoms in total. The molecule has 5 rings (SSSR count). The molecule has 174 valence electrons. The molecule has 1 atom stereocenters. The zero-order valence-corrected chi connectivity index (χ0v) is 20.3. The van der Waals surface area contributed by atoms with Crippen LogP contribution in [0.3, 0.4) is 0 Å². The predicted octanol–water partition coefficient (Wildman–Crippen LogP) is 7.24. The zero-order valence-electron chi connectivity index (χ0n) is 19.5. The summed E-state index contributed by atoms with van der Waals surface area (Å²) in [6.45, 7) is 2.04. The molecule has 2 aromatic carbocycles. The lowest BCUT2D eigenvalue weighted by molar-refractivity contribution is -0.127. The SMILES string of the molecule is Cc1c(Cl)cccc1-c1nc2ccccc2n1C(C(=O)NC1CCCCC1)C1CCCCC1. The highest BCUT2D eigenvalue weighted by Gasteiger charge is 2.35. The standard InChI is InChI=1S/C28H34ClN3O/c1-19-22(15-10-16-23(19)29)27-31-24-17-8-9-18-25(24)32(27)26(20-11-4-2-5-12-20)28(33)30-21-13-6-3-7-14-21/h8-10,15-18,20-21,26H,2-7,11-14H2,1H3,(H,30,33). The highest BCUT2D eigenvalue weighted by Crippen LogP contribution is 2.39. The van der Waals surface area contributed by atoms with Crippen molar-refractivity contribution in [2.45, 2.75) is 83.2 Å². The van der Waals surface area contributed by atoms with Gasteiger partial charge in [0.2, 0.25) is 5.91 Å². The van der Waals surface area contributed by atoms with Crippen molar-refractivity contribution in [3.05, 3.63) is 53.1 Å². The molecule has 33 heavy (non-hydrogen) atoms. The Morgan fingerprint density at radius 3 is 2.42 bits per heavy atom. The molecule has 2 fully saturated rings. The number of carbonyl (C=O) groups is 1. The molecule has 0 saturated heterocycles. The van der Waals surface area contributed by atoms with Crippen LogP contribution in [0.25, 0.3) is 22.4 Å². The van der Waals surface area contributed by atoms with E-state index in [4.69, 9.17) is 16.6 Å². The number of hydrogen-bond donors (Lipinski definition) is 1. The van der Waals surface area contributed by atoms with E-state index >= 15 is 0 Å². The number of benzene rings is 2. The van der Waals surface area contributed by atoms with Crippen molar-refractivity contribution >= 4 is 28.5 Å². The first kappa shape index (κ1) is 22.5. The average molecular weight is 464 g/mol. The Labute approximate surface area is 201 Å². The number of rotatable bonds is 5. The van der Waals surface area contributed by atoms with Crippen LogP contribution in [0.5, 0.6) is 0 Å². The highest BCUT2D eigenvalue weighted by molar-refractivity contribution is 6.31. The maximum absolute atomic E-state index is 14.0. The van der Waals surface area contributed by atoms with Gasteiger partial charge in [-0.1, -0.05) is 74.4 Å². The number of amides is 1. The van der Waals surface area contributed by atoms with E-state index in [9.17, 15) is 4.79 Å². The smallest absolute Gasteiger partial charge is 0.243 e. The number of nitrogens with zero attached hydrogens (tertiary/aromatic N) is 2. The fourth-order valence-corrected chi connectivity index (χ4v) is 6.07. The molecule has 0 spiro atoms. The van der Waals surface area contributed by atoms with Crippen LogP contribution in [0.1, 0.15) is 75.8 Å². The van der Waals surface area contributed by atoms with Crippen molar-refractivity contribution in [1.29, 1.82) is 0 Å². The Kier molecular flexibility index (Phi) is 6.73. The third-order valence-electron chi connectivity index (χ3n) is 7.70. The van der Waals surface area contributed by atoms with Crippen molar-refractivity contribution < 1.29 is 4.79 Å². The van der Waals surface area contributed by atoms with Gasteiger partial charge in [-0.15, -0.1) is 0 Å². The fourth-order valence-electron chi connectivity index (χ4n) is 5.89. The molecule has 1 amide bonds. The van der Waals surface area contributed by atoms with Gasteiger partial charge in [0.1, 0.15) is 11.9 Å². The summed E-state index contributed by atoms with van der Waals surface area (Å²) in [5, 5.41) is 4.19. The summed E-state index contributed by atoms with van der Waals surface area (Å²) in [5.74, 6) is 1.33. The lowest BCUT2D eigenvalue weighted by atomic mass is 9.82. The summed E-state index contributed by atoms with van der Waals surface area (Å²) in [4.78, 5) is 19.1. The lowest BCUT2D eigenvalue weighted by Gasteiger charge is -2.34. The first-order chi connectivity index (χ1) is 16.1. The minimum atomic E-state index is -0.256. The van der Waals surface area contributed by atoms with E-state index < -0.39 is 0 Å². The van der Waals surface area contributed by atoms with E-state index in [1.54, 1.807) is 0 Å². The van der Waals surface area contributed by atoms with Gasteiger partial charge in [0.15, 0.2) is 0 Å². The van der Waals surface area contributed by atoms with Gasteiger partial charge >= 0.3 is 0 Å². The summed E-state index contributed by atoms with van der Waals surface area (Å²) >= 11 is 6.52. The van der Waals surface area contributed by atoms with Crippen LogP contribution in [0, 0.1) is 12.8 Å². The number of carbonyl (C=O) groups excluding carboxylic acids is 1. The normalized spacial score (nSPS) is 19.0. The van der Waals surface area contributed by atoms with Gasteiger partial charge in [0, 0.05) is 16.6 Å². The third-order valence-corrected chi connectivity index (χ3v) is 8.11. The van der Waals surface area contributed by atoms with Crippen LogP contribution in [0.4, 0.5) is 0 Å². The van der Waals surface area contributed by atoms with Crippen LogP contribution in [-0.2, 0) is 4.79 Å². The number of fused-ring (bicyclic) bond motifs is 1. The van der Waals surface area contributed by atoms with Crippen LogP contribution < -0.4 is 5.32 Å². The van der Waals surface area contributed by atoms with E-state index in [1.165, 1.54) is 38.5 Å². The number of imidazole rings is 1.